The van der Waals surface area contributed by atoms with Crippen molar-refractivity contribution in [3.8, 4) is 0 Å². The smallest absolute Gasteiger partial charge is 0.270 e. The summed E-state index contributed by atoms with van der Waals surface area (Å²) in [6.07, 6.45) is 3.24. The fourth-order valence-corrected chi connectivity index (χ4v) is 2.43. The largest absolute Gasteiger partial charge is 0.309 e. The van der Waals surface area contributed by atoms with Crippen LogP contribution in [-0.4, -0.2) is 4.57 Å². The molecule has 0 saturated heterocycles. The summed E-state index contributed by atoms with van der Waals surface area (Å²) in [7, 11) is 0. The van der Waals surface area contributed by atoms with Crippen LogP contribution in [0.3, 0.4) is 0 Å². The van der Waals surface area contributed by atoms with Gasteiger partial charge in [0.1, 0.15) is 5.02 Å². The second-order valence-electron chi connectivity index (χ2n) is 4.81. The van der Waals surface area contributed by atoms with Crippen LogP contribution in [0, 0.1) is 0 Å². The molecule has 1 saturated carbocycles. The zero-order chi connectivity index (χ0) is 11.9. The lowest BCUT2D eigenvalue weighted by molar-refractivity contribution is 0.549. The first-order valence-corrected chi connectivity index (χ1v) is 6.37. The van der Waals surface area contributed by atoms with Crippen LogP contribution in [0.2, 0.25) is 5.02 Å². The standard InChI is InChI=1S/C13H18ClNO/c1-4-9-7-11(10-5-6-10)15(8(2)3)13(16)12(9)14/h7-8,10H,4-6H2,1-3H3. The van der Waals surface area contributed by atoms with Gasteiger partial charge in [0.2, 0.25) is 0 Å². The number of pyridine rings is 1. The molecule has 16 heavy (non-hydrogen) atoms. The Balaban J connectivity index is 2.65. The Morgan fingerprint density at radius 3 is 2.56 bits per heavy atom. The molecule has 88 valence electrons. The molecule has 1 heterocycles. The van der Waals surface area contributed by atoms with Crippen LogP contribution in [0.25, 0.3) is 0 Å². The number of aromatic nitrogens is 1. The van der Waals surface area contributed by atoms with Crippen molar-refractivity contribution in [2.75, 3.05) is 0 Å². The van der Waals surface area contributed by atoms with Gasteiger partial charge in [0.25, 0.3) is 5.56 Å². The summed E-state index contributed by atoms with van der Waals surface area (Å²) < 4.78 is 1.86. The monoisotopic (exact) mass is 239 g/mol. The molecule has 0 unspecified atom stereocenters. The van der Waals surface area contributed by atoms with Gasteiger partial charge in [0, 0.05) is 11.7 Å². The van der Waals surface area contributed by atoms with E-state index in [1.54, 1.807) is 0 Å². The second-order valence-corrected chi connectivity index (χ2v) is 5.18. The molecule has 2 nitrogen and oxygen atoms in total. The Morgan fingerprint density at radius 2 is 2.12 bits per heavy atom. The van der Waals surface area contributed by atoms with E-state index < -0.39 is 0 Å². The third-order valence-electron chi connectivity index (χ3n) is 3.18. The van der Waals surface area contributed by atoms with E-state index in [-0.39, 0.29) is 11.6 Å². The van der Waals surface area contributed by atoms with E-state index in [1.165, 1.54) is 18.5 Å². The first-order valence-electron chi connectivity index (χ1n) is 6.00. The molecule has 0 spiro atoms. The molecule has 1 fully saturated rings. The van der Waals surface area contributed by atoms with Gasteiger partial charge in [-0.15, -0.1) is 0 Å². The maximum absolute atomic E-state index is 12.2. The van der Waals surface area contributed by atoms with E-state index >= 15 is 0 Å². The average Bonchev–Trinajstić information content (AvgIpc) is 3.04. The summed E-state index contributed by atoms with van der Waals surface area (Å²) in [6.45, 7) is 6.11. The van der Waals surface area contributed by atoms with Crippen molar-refractivity contribution in [3.05, 3.63) is 32.7 Å². The molecule has 0 radical (unpaired) electrons. The molecule has 0 aromatic carbocycles. The Morgan fingerprint density at radius 1 is 1.50 bits per heavy atom. The maximum Gasteiger partial charge on any atom is 0.270 e. The highest BCUT2D eigenvalue weighted by Crippen LogP contribution is 2.41. The van der Waals surface area contributed by atoms with Gasteiger partial charge in [0.05, 0.1) is 0 Å². The predicted octanol–water partition coefficient (Wildman–Crippen LogP) is 3.52. The van der Waals surface area contributed by atoms with Gasteiger partial charge in [-0.1, -0.05) is 18.5 Å². The molecule has 3 heteroatoms. The SMILES string of the molecule is CCc1cc(C2CC2)n(C(C)C)c(=O)c1Cl. The van der Waals surface area contributed by atoms with Gasteiger partial charge >= 0.3 is 0 Å². The zero-order valence-corrected chi connectivity index (χ0v) is 10.8. The summed E-state index contributed by atoms with van der Waals surface area (Å²) >= 11 is 6.11. The normalized spacial score (nSPS) is 15.8. The highest BCUT2D eigenvalue weighted by molar-refractivity contribution is 6.31. The minimum atomic E-state index is -0.0158. The molecular weight excluding hydrogens is 222 g/mol. The molecule has 1 aromatic rings. The highest BCUT2D eigenvalue weighted by Gasteiger charge is 2.28. The summed E-state index contributed by atoms with van der Waals surface area (Å²) in [6, 6.07) is 2.31. The average molecular weight is 240 g/mol. The predicted molar refractivity (Wildman–Crippen MR) is 67.5 cm³/mol. The Bertz CT molecular complexity index is 458. The summed E-state index contributed by atoms with van der Waals surface area (Å²) in [4.78, 5) is 12.2. The van der Waals surface area contributed by atoms with E-state index in [2.05, 4.69) is 6.07 Å². The van der Waals surface area contributed by atoms with Crippen molar-refractivity contribution in [3.63, 3.8) is 0 Å². The number of nitrogens with zero attached hydrogens (tertiary/aromatic N) is 1. The molecule has 0 bridgehead atoms. The van der Waals surface area contributed by atoms with Crippen LogP contribution in [0.4, 0.5) is 0 Å². The Kier molecular flexibility index (Phi) is 3.11. The quantitative estimate of drug-likeness (QED) is 0.791. The van der Waals surface area contributed by atoms with E-state index in [0.717, 1.165) is 12.0 Å². The molecule has 0 atom stereocenters. The van der Waals surface area contributed by atoms with Gasteiger partial charge in [-0.2, -0.15) is 0 Å². The van der Waals surface area contributed by atoms with Crippen LogP contribution < -0.4 is 5.56 Å². The second kappa shape index (κ2) is 4.25. The molecule has 0 aliphatic heterocycles. The molecule has 2 rings (SSSR count). The van der Waals surface area contributed by atoms with Crippen molar-refractivity contribution in [2.45, 2.75) is 52.0 Å². The fourth-order valence-electron chi connectivity index (χ4n) is 2.16. The van der Waals surface area contributed by atoms with Crippen LogP contribution in [0.5, 0.6) is 0 Å². The Labute approximate surface area is 101 Å². The molecule has 1 aliphatic carbocycles. The van der Waals surface area contributed by atoms with Gasteiger partial charge in [0.15, 0.2) is 0 Å². The number of hydrogen-bond donors (Lipinski definition) is 0. The van der Waals surface area contributed by atoms with Crippen molar-refractivity contribution in [2.24, 2.45) is 0 Å². The van der Waals surface area contributed by atoms with E-state index in [0.29, 0.717) is 10.9 Å². The third kappa shape index (κ3) is 1.91. The van der Waals surface area contributed by atoms with Crippen molar-refractivity contribution < 1.29 is 0 Å². The van der Waals surface area contributed by atoms with Gasteiger partial charge in [-0.3, -0.25) is 4.79 Å². The lowest BCUT2D eigenvalue weighted by Crippen LogP contribution is -2.26. The fraction of sp³-hybridized carbons (Fsp3) is 0.615. The van der Waals surface area contributed by atoms with Crippen LogP contribution in [-0.2, 0) is 6.42 Å². The van der Waals surface area contributed by atoms with Gasteiger partial charge in [-0.25, -0.2) is 0 Å². The zero-order valence-electron chi connectivity index (χ0n) is 10.1. The molecule has 0 N–H and O–H groups in total. The molecule has 1 aliphatic rings. The number of rotatable bonds is 3. The minimum Gasteiger partial charge on any atom is -0.309 e. The maximum atomic E-state index is 12.2. The van der Waals surface area contributed by atoms with Gasteiger partial charge in [-0.05, 0) is 50.7 Å². The van der Waals surface area contributed by atoms with Crippen LogP contribution in [0.1, 0.15) is 56.8 Å². The van der Waals surface area contributed by atoms with Gasteiger partial charge < -0.3 is 4.57 Å². The van der Waals surface area contributed by atoms with E-state index in [4.69, 9.17) is 11.6 Å². The first-order chi connectivity index (χ1) is 7.56. The topological polar surface area (TPSA) is 22.0 Å². The van der Waals surface area contributed by atoms with Crippen LogP contribution >= 0.6 is 11.6 Å². The number of hydrogen-bond acceptors (Lipinski definition) is 1. The lowest BCUT2D eigenvalue weighted by Gasteiger charge is -2.18. The Hall–Kier alpha value is -0.760. The number of halogens is 1. The third-order valence-corrected chi connectivity index (χ3v) is 3.59. The molecule has 0 amide bonds. The van der Waals surface area contributed by atoms with Crippen LogP contribution in [0.15, 0.2) is 10.9 Å². The lowest BCUT2D eigenvalue weighted by atomic mass is 10.1. The minimum absolute atomic E-state index is 0.0158. The van der Waals surface area contributed by atoms with Crippen molar-refractivity contribution in [1.29, 1.82) is 0 Å². The first kappa shape index (κ1) is 11.7. The van der Waals surface area contributed by atoms with E-state index in [1.807, 2.05) is 25.3 Å². The number of aryl methyl sites for hydroxylation is 1. The van der Waals surface area contributed by atoms with Crippen molar-refractivity contribution in [1.82, 2.24) is 4.57 Å². The summed E-state index contributed by atoms with van der Waals surface area (Å²) in [5.74, 6) is 0.581. The summed E-state index contributed by atoms with van der Waals surface area (Å²) in [5.41, 5.74) is 2.16. The highest BCUT2D eigenvalue weighted by atomic mass is 35.5. The summed E-state index contributed by atoms with van der Waals surface area (Å²) in [5, 5.41) is 0.403. The van der Waals surface area contributed by atoms with E-state index in [9.17, 15) is 4.79 Å². The van der Waals surface area contributed by atoms with Crippen molar-refractivity contribution >= 4 is 11.6 Å². The molecular formula is C13H18ClNO. The molecule has 1 aromatic heterocycles.